The Morgan fingerprint density at radius 2 is 1.89 bits per heavy atom. The van der Waals surface area contributed by atoms with E-state index >= 15 is 0 Å². The van der Waals surface area contributed by atoms with Crippen molar-refractivity contribution in [1.82, 2.24) is 15.5 Å². The average Bonchev–Trinajstić information content (AvgIpc) is 3.04. The molecule has 28 heavy (non-hydrogen) atoms. The number of nitrogens with zero attached hydrogens (tertiary/aromatic N) is 1. The van der Waals surface area contributed by atoms with Crippen molar-refractivity contribution >= 4 is 11.6 Å². The molecule has 0 aromatic rings. The third-order valence-electron chi connectivity index (χ3n) is 6.23. The van der Waals surface area contributed by atoms with Crippen LogP contribution in [0.4, 0.5) is 0 Å². The van der Waals surface area contributed by atoms with Gasteiger partial charge in [-0.25, -0.2) is 0 Å². The number of nitrogens with one attached hydrogen (secondary N) is 2. The molecule has 2 N–H and O–H groups in total. The molecule has 160 valence electrons. The van der Waals surface area contributed by atoms with E-state index in [1.807, 2.05) is 20.8 Å². The van der Waals surface area contributed by atoms with Crippen LogP contribution in [-0.4, -0.2) is 59.8 Å². The fourth-order valence-corrected chi connectivity index (χ4v) is 4.66. The van der Waals surface area contributed by atoms with Gasteiger partial charge in [-0.15, -0.1) is 0 Å². The van der Waals surface area contributed by atoms with Crippen LogP contribution in [0.25, 0.3) is 0 Å². The van der Waals surface area contributed by atoms with Gasteiger partial charge in [0.15, 0.2) is 11.6 Å². The lowest BCUT2D eigenvalue weighted by atomic mass is 9.84. The van der Waals surface area contributed by atoms with Gasteiger partial charge in [-0.2, -0.15) is 0 Å². The molecule has 0 aromatic carbocycles. The van der Waals surface area contributed by atoms with E-state index in [-0.39, 0.29) is 30.1 Å². The Labute approximate surface area is 171 Å². The van der Waals surface area contributed by atoms with Crippen LogP contribution in [0.5, 0.6) is 0 Å². The van der Waals surface area contributed by atoms with Crippen LogP contribution < -0.4 is 10.6 Å². The van der Waals surface area contributed by atoms with Crippen molar-refractivity contribution in [2.75, 3.05) is 26.2 Å². The summed E-state index contributed by atoms with van der Waals surface area (Å²) in [5.41, 5.74) is -1.14. The fourth-order valence-electron chi connectivity index (χ4n) is 4.66. The summed E-state index contributed by atoms with van der Waals surface area (Å²) in [6.45, 7) is 12.9. The summed E-state index contributed by atoms with van der Waals surface area (Å²) in [6.07, 6.45) is 10.6. The molecule has 0 amide bonds. The highest BCUT2D eigenvalue weighted by atomic mass is 16.1. The summed E-state index contributed by atoms with van der Waals surface area (Å²) < 4.78 is 0. The number of ketones is 2. The van der Waals surface area contributed by atoms with Gasteiger partial charge in [0.05, 0.1) is 17.6 Å². The van der Waals surface area contributed by atoms with E-state index in [9.17, 15) is 9.59 Å². The lowest BCUT2D eigenvalue weighted by molar-refractivity contribution is -0.129. The quantitative estimate of drug-likeness (QED) is 0.721. The Bertz CT molecular complexity index is 572. The normalized spacial score (nSPS) is 34.2. The first-order valence-electron chi connectivity index (χ1n) is 11.2. The van der Waals surface area contributed by atoms with Crippen LogP contribution in [0.15, 0.2) is 12.2 Å². The molecule has 1 saturated heterocycles. The molecule has 2 aliphatic rings. The molecule has 0 spiro atoms. The van der Waals surface area contributed by atoms with E-state index in [0.717, 1.165) is 51.6 Å². The van der Waals surface area contributed by atoms with Crippen LogP contribution in [0.3, 0.4) is 0 Å². The maximum atomic E-state index is 13.3. The molecule has 0 radical (unpaired) electrons. The van der Waals surface area contributed by atoms with Gasteiger partial charge in [0.1, 0.15) is 0 Å². The number of Topliss-reactive ketones (excluding diaryl/α,β-unsaturated/α-hetero) is 2. The van der Waals surface area contributed by atoms with E-state index in [2.05, 4.69) is 41.5 Å². The molecule has 0 saturated carbocycles. The predicted molar refractivity (Wildman–Crippen MR) is 116 cm³/mol. The molecule has 0 aromatic heterocycles. The van der Waals surface area contributed by atoms with Gasteiger partial charge in [0.25, 0.3) is 0 Å². The number of carbonyl (C=O) groups is 2. The molecule has 2 heterocycles. The molecule has 1 unspecified atom stereocenters. The maximum Gasteiger partial charge on any atom is 0.166 e. The second-order valence-electron chi connectivity index (χ2n) is 9.56. The Hall–Kier alpha value is -1.04. The highest BCUT2D eigenvalue weighted by molar-refractivity contribution is 5.93. The molecular formula is C23H41N3O2. The van der Waals surface area contributed by atoms with Crippen molar-refractivity contribution in [2.24, 2.45) is 5.92 Å². The number of rotatable bonds is 4. The predicted octanol–water partition coefficient (Wildman–Crippen LogP) is 3.09. The number of allylic oxidation sites excluding steroid dienone is 1. The number of fused-ring (bicyclic) bond motifs is 2. The zero-order valence-corrected chi connectivity index (χ0v) is 18.6. The van der Waals surface area contributed by atoms with E-state index < -0.39 is 11.1 Å². The molecule has 3 atom stereocenters. The Balaban J connectivity index is 2.23. The number of carbonyl (C=O) groups excluding carboxylic acids is 2. The Morgan fingerprint density at radius 3 is 2.57 bits per heavy atom. The molecular weight excluding hydrogens is 350 g/mol. The minimum absolute atomic E-state index is 0.0413. The van der Waals surface area contributed by atoms with Crippen molar-refractivity contribution in [1.29, 1.82) is 0 Å². The minimum Gasteiger partial charge on any atom is -0.303 e. The maximum absolute atomic E-state index is 13.3. The molecule has 1 fully saturated rings. The molecule has 2 aliphatic heterocycles. The van der Waals surface area contributed by atoms with Crippen LogP contribution in [0, 0.1) is 5.92 Å². The van der Waals surface area contributed by atoms with Gasteiger partial charge in [0, 0.05) is 31.6 Å². The Morgan fingerprint density at radius 1 is 1.14 bits per heavy atom. The number of hydrogen-bond acceptors (Lipinski definition) is 5. The summed E-state index contributed by atoms with van der Waals surface area (Å²) in [5.74, 6) is 0.360. The van der Waals surface area contributed by atoms with Crippen LogP contribution >= 0.6 is 0 Å². The first-order chi connectivity index (χ1) is 13.2. The van der Waals surface area contributed by atoms with Crippen molar-refractivity contribution in [2.45, 2.75) is 90.3 Å². The summed E-state index contributed by atoms with van der Waals surface area (Å²) in [4.78, 5) is 28.7. The lowest BCUT2D eigenvalue weighted by Gasteiger charge is -2.35. The van der Waals surface area contributed by atoms with Crippen LogP contribution in [0.1, 0.15) is 73.1 Å². The van der Waals surface area contributed by atoms with Crippen molar-refractivity contribution in [3.8, 4) is 0 Å². The first kappa shape index (κ1) is 23.2. The highest BCUT2D eigenvalue weighted by Crippen LogP contribution is 2.26. The van der Waals surface area contributed by atoms with Crippen LogP contribution in [0.2, 0.25) is 0 Å². The van der Waals surface area contributed by atoms with Gasteiger partial charge < -0.3 is 5.32 Å². The fraction of sp³-hybridized carbons (Fsp3) is 0.826. The molecule has 2 bridgehead atoms. The summed E-state index contributed by atoms with van der Waals surface area (Å²) >= 11 is 0. The third-order valence-corrected chi connectivity index (χ3v) is 6.23. The smallest absolute Gasteiger partial charge is 0.166 e. The molecule has 2 rings (SSSR count). The topological polar surface area (TPSA) is 61.4 Å². The standard InChI is InChI=1S/C23H41N3O2/c1-18(2)21(28)23-13-15-26(17-23)14-11-9-7-6-8-10-12-22(5,25-19(3)4)20(27)16-24-23/h9,11,18-19,24-25H,6-8,10,12-17H2,1-5H3/b11-9+/t22-,23-/m0/s1. The van der Waals surface area contributed by atoms with E-state index in [0.29, 0.717) is 6.54 Å². The summed E-state index contributed by atoms with van der Waals surface area (Å²) in [5, 5.41) is 6.96. The van der Waals surface area contributed by atoms with E-state index in [1.165, 1.54) is 0 Å². The first-order valence-corrected chi connectivity index (χ1v) is 11.2. The number of hydrogen-bond donors (Lipinski definition) is 2. The largest absolute Gasteiger partial charge is 0.303 e. The lowest BCUT2D eigenvalue weighted by Crippen LogP contribution is -2.61. The van der Waals surface area contributed by atoms with Crippen molar-refractivity contribution in [3.63, 3.8) is 0 Å². The van der Waals surface area contributed by atoms with Crippen LogP contribution in [-0.2, 0) is 9.59 Å². The van der Waals surface area contributed by atoms with Gasteiger partial charge in [-0.1, -0.05) is 38.8 Å². The second-order valence-corrected chi connectivity index (χ2v) is 9.56. The Kier molecular flexibility index (Phi) is 8.41. The van der Waals surface area contributed by atoms with Gasteiger partial charge in [0.2, 0.25) is 0 Å². The molecule has 5 heteroatoms. The highest BCUT2D eigenvalue weighted by Gasteiger charge is 2.45. The van der Waals surface area contributed by atoms with Crippen molar-refractivity contribution < 1.29 is 9.59 Å². The minimum atomic E-state index is -0.601. The average molecular weight is 392 g/mol. The van der Waals surface area contributed by atoms with Gasteiger partial charge in [-0.3, -0.25) is 19.8 Å². The SMILES string of the molecule is CC(C)N[C@@]1(C)CCCCC/C=C/CN2CC[C@@](C(=O)C(C)C)(C2)NCC1=O. The molecule has 5 nitrogen and oxygen atoms in total. The van der Waals surface area contributed by atoms with Gasteiger partial charge >= 0.3 is 0 Å². The molecule has 0 aliphatic carbocycles. The van der Waals surface area contributed by atoms with E-state index in [4.69, 9.17) is 0 Å². The van der Waals surface area contributed by atoms with Gasteiger partial charge in [-0.05, 0) is 46.5 Å². The second kappa shape index (κ2) is 10.1. The zero-order chi connectivity index (χ0) is 20.8. The summed E-state index contributed by atoms with van der Waals surface area (Å²) in [6, 6.07) is 0.243. The van der Waals surface area contributed by atoms with E-state index in [1.54, 1.807) is 0 Å². The van der Waals surface area contributed by atoms with Crippen molar-refractivity contribution in [3.05, 3.63) is 12.2 Å². The monoisotopic (exact) mass is 391 g/mol. The third kappa shape index (κ3) is 5.98. The zero-order valence-electron chi connectivity index (χ0n) is 18.6. The summed E-state index contributed by atoms with van der Waals surface area (Å²) in [7, 11) is 0.